The molecule has 1 N–H and O–H groups in total. The molecule has 0 aliphatic rings. The van der Waals surface area contributed by atoms with Crippen LogP contribution in [0, 0.1) is 13.8 Å². The number of aromatic nitrogens is 1. The molecule has 0 radical (unpaired) electrons. The first-order valence-corrected chi connectivity index (χ1v) is 7.45. The first-order valence-electron chi connectivity index (χ1n) is 7.07. The molecule has 3 heteroatoms. The fourth-order valence-electron chi connectivity index (χ4n) is 2.49. The van der Waals surface area contributed by atoms with E-state index in [4.69, 9.17) is 11.6 Å². The minimum Gasteiger partial charge on any atom is -0.352 e. The summed E-state index contributed by atoms with van der Waals surface area (Å²) in [5.74, 6) is 0. The number of benzene rings is 1. The standard InChI is InChI=1S/C17H23ClN2/c1-12(8-15-6-5-7-17(18)10-15)19-11-16-9-13(2)20(4)14(16)3/h5-7,9-10,12,19H,8,11H2,1-4H3. The van der Waals surface area contributed by atoms with Crippen LogP contribution in [-0.2, 0) is 20.0 Å². The highest BCUT2D eigenvalue weighted by molar-refractivity contribution is 6.30. The lowest BCUT2D eigenvalue weighted by Crippen LogP contribution is -2.27. The Morgan fingerprint density at radius 2 is 2.00 bits per heavy atom. The lowest BCUT2D eigenvalue weighted by Gasteiger charge is -2.14. The Hall–Kier alpha value is -1.25. The van der Waals surface area contributed by atoms with Gasteiger partial charge in [-0.05, 0) is 56.5 Å². The highest BCUT2D eigenvalue weighted by atomic mass is 35.5. The Kier molecular flexibility index (Phi) is 4.90. The smallest absolute Gasteiger partial charge is 0.0408 e. The van der Waals surface area contributed by atoms with E-state index in [0.29, 0.717) is 6.04 Å². The SMILES string of the molecule is Cc1cc(CNC(C)Cc2cccc(Cl)c2)c(C)n1C. The number of nitrogens with zero attached hydrogens (tertiary/aromatic N) is 1. The van der Waals surface area contributed by atoms with E-state index in [0.717, 1.165) is 18.0 Å². The van der Waals surface area contributed by atoms with E-state index < -0.39 is 0 Å². The minimum atomic E-state index is 0.424. The minimum absolute atomic E-state index is 0.424. The topological polar surface area (TPSA) is 17.0 Å². The quantitative estimate of drug-likeness (QED) is 0.880. The summed E-state index contributed by atoms with van der Waals surface area (Å²) in [4.78, 5) is 0. The van der Waals surface area contributed by atoms with Gasteiger partial charge in [-0.1, -0.05) is 23.7 Å². The van der Waals surface area contributed by atoms with Crippen molar-refractivity contribution in [1.29, 1.82) is 0 Å². The fraction of sp³-hybridized carbons (Fsp3) is 0.412. The summed E-state index contributed by atoms with van der Waals surface area (Å²) < 4.78 is 2.23. The largest absolute Gasteiger partial charge is 0.352 e. The van der Waals surface area contributed by atoms with Crippen LogP contribution < -0.4 is 5.32 Å². The molecule has 0 spiro atoms. The summed E-state index contributed by atoms with van der Waals surface area (Å²) in [6.07, 6.45) is 0.991. The van der Waals surface area contributed by atoms with Gasteiger partial charge in [0, 0.05) is 36.0 Å². The van der Waals surface area contributed by atoms with Crippen LogP contribution in [0.2, 0.25) is 5.02 Å². The number of hydrogen-bond acceptors (Lipinski definition) is 1. The van der Waals surface area contributed by atoms with Crippen molar-refractivity contribution in [3.63, 3.8) is 0 Å². The van der Waals surface area contributed by atoms with E-state index in [1.807, 2.05) is 18.2 Å². The summed E-state index contributed by atoms with van der Waals surface area (Å²) in [5, 5.41) is 4.40. The van der Waals surface area contributed by atoms with Gasteiger partial charge in [0.2, 0.25) is 0 Å². The van der Waals surface area contributed by atoms with Gasteiger partial charge in [-0.2, -0.15) is 0 Å². The van der Waals surface area contributed by atoms with Crippen LogP contribution in [0.15, 0.2) is 30.3 Å². The van der Waals surface area contributed by atoms with E-state index in [1.54, 1.807) is 0 Å². The molecular formula is C17H23ClN2. The molecule has 2 aromatic rings. The van der Waals surface area contributed by atoms with E-state index in [2.05, 4.69) is 49.8 Å². The average Bonchev–Trinajstić information content (AvgIpc) is 2.64. The molecular weight excluding hydrogens is 268 g/mol. The zero-order chi connectivity index (χ0) is 14.7. The predicted octanol–water partition coefficient (Wildman–Crippen LogP) is 4.02. The molecule has 2 nitrogen and oxygen atoms in total. The third-order valence-corrected chi connectivity index (χ3v) is 4.19. The highest BCUT2D eigenvalue weighted by Crippen LogP contribution is 2.14. The van der Waals surface area contributed by atoms with Gasteiger partial charge in [-0.15, -0.1) is 0 Å². The Morgan fingerprint density at radius 1 is 1.25 bits per heavy atom. The summed E-state index contributed by atoms with van der Waals surface area (Å²) in [6, 6.07) is 10.8. The molecule has 1 aromatic heterocycles. The molecule has 0 fully saturated rings. The second-order valence-electron chi connectivity index (χ2n) is 5.57. The molecule has 20 heavy (non-hydrogen) atoms. The van der Waals surface area contributed by atoms with Gasteiger partial charge in [0.05, 0.1) is 0 Å². The monoisotopic (exact) mass is 290 g/mol. The maximum Gasteiger partial charge on any atom is 0.0408 e. The maximum atomic E-state index is 6.02. The van der Waals surface area contributed by atoms with Gasteiger partial charge in [0.15, 0.2) is 0 Å². The molecule has 0 saturated carbocycles. The van der Waals surface area contributed by atoms with Crippen LogP contribution in [0.5, 0.6) is 0 Å². The molecule has 1 unspecified atom stereocenters. The van der Waals surface area contributed by atoms with Crippen molar-refractivity contribution >= 4 is 11.6 Å². The van der Waals surface area contributed by atoms with Crippen molar-refractivity contribution in [3.05, 3.63) is 57.9 Å². The van der Waals surface area contributed by atoms with Crippen molar-refractivity contribution in [2.45, 2.75) is 39.8 Å². The Labute approximate surface area is 126 Å². The predicted molar refractivity (Wildman–Crippen MR) is 86.3 cm³/mol. The molecule has 0 bridgehead atoms. The van der Waals surface area contributed by atoms with E-state index in [-0.39, 0.29) is 0 Å². The third kappa shape index (κ3) is 3.65. The van der Waals surface area contributed by atoms with Crippen LogP contribution in [0.25, 0.3) is 0 Å². The van der Waals surface area contributed by atoms with Gasteiger partial charge < -0.3 is 9.88 Å². The molecule has 2 rings (SSSR count). The first kappa shape index (κ1) is 15.1. The van der Waals surface area contributed by atoms with Crippen LogP contribution in [0.4, 0.5) is 0 Å². The normalized spacial score (nSPS) is 12.7. The van der Waals surface area contributed by atoms with Crippen molar-refractivity contribution in [3.8, 4) is 0 Å². The number of aryl methyl sites for hydroxylation is 1. The molecule has 1 heterocycles. The number of hydrogen-bond donors (Lipinski definition) is 1. The van der Waals surface area contributed by atoms with Gasteiger partial charge in [0.1, 0.15) is 0 Å². The molecule has 1 aromatic carbocycles. The maximum absolute atomic E-state index is 6.02. The van der Waals surface area contributed by atoms with E-state index in [1.165, 1.54) is 22.5 Å². The van der Waals surface area contributed by atoms with Gasteiger partial charge in [-0.3, -0.25) is 0 Å². The summed E-state index contributed by atoms with van der Waals surface area (Å²) in [5.41, 5.74) is 5.30. The molecule has 0 aliphatic heterocycles. The number of rotatable bonds is 5. The second-order valence-corrected chi connectivity index (χ2v) is 6.01. The number of halogens is 1. The van der Waals surface area contributed by atoms with Gasteiger partial charge >= 0.3 is 0 Å². The van der Waals surface area contributed by atoms with Crippen molar-refractivity contribution in [1.82, 2.24) is 9.88 Å². The molecule has 1 atom stereocenters. The van der Waals surface area contributed by atoms with E-state index in [9.17, 15) is 0 Å². The zero-order valence-corrected chi connectivity index (χ0v) is 13.5. The van der Waals surface area contributed by atoms with Crippen molar-refractivity contribution < 1.29 is 0 Å². The van der Waals surface area contributed by atoms with Crippen LogP contribution in [-0.4, -0.2) is 10.6 Å². The summed E-state index contributed by atoms with van der Waals surface area (Å²) in [7, 11) is 2.11. The Balaban J connectivity index is 1.92. The van der Waals surface area contributed by atoms with Crippen molar-refractivity contribution in [2.75, 3.05) is 0 Å². The molecule has 0 aliphatic carbocycles. The zero-order valence-electron chi connectivity index (χ0n) is 12.7. The highest BCUT2D eigenvalue weighted by Gasteiger charge is 2.08. The number of nitrogens with one attached hydrogen (secondary N) is 1. The summed E-state index contributed by atoms with van der Waals surface area (Å²) in [6.45, 7) is 7.44. The summed E-state index contributed by atoms with van der Waals surface area (Å²) >= 11 is 6.02. The van der Waals surface area contributed by atoms with Crippen LogP contribution >= 0.6 is 11.6 Å². The third-order valence-electron chi connectivity index (χ3n) is 3.95. The van der Waals surface area contributed by atoms with Crippen LogP contribution in [0.1, 0.15) is 29.4 Å². The van der Waals surface area contributed by atoms with Gasteiger partial charge in [-0.25, -0.2) is 0 Å². The van der Waals surface area contributed by atoms with E-state index >= 15 is 0 Å². The molecule has 0 saturated heterocycles. The lowest BCUT2D eigenvalue weighted by molar-refractivity contribution is 0.544. The Bertz CT molecular complexity index is 587. The molecule has 108 valence electrons. The lowest BCUT2D eigenvalue weighted by atomic mass is 10.1. The van der Waals surface area contributed by atoms with Crippen LogP contribution in [0.3, 0.4) is 0 Å². The first-order chi connectivity index (χ1) is 9.47. The fourth-order valence-corrected chi connectivity index (χ4v) is 2.70. The molecule has 0 amide bonds. The van der Waals surface area contributed by atoms with Crippen molar-refractivity contribution in [2.24, 2.45) is 7.05 Å². The average molecular weight is 291 g/mol. The Morgan fingerprint density at radius 3 is 2.60 bits per heavy atom. The second kappa shape index (κ2) is 6.47. The van der Waals surface area contributed by atoms with Gasteiger partial charge in [0.25, 0.3) is 0 Å².